The normalized spacial score (nSPS) is 10.6. The lowest BCUT2D eigenvalue weighted by Gasteiger charge is -2.16. The van der Waals surface area contributed by atoms with Crippen molar-refractivity contribution in [1.82, 2.24) is 20.1 Å². The van der Waals surface area contributed by atoms with Gasteiger partial charge in [-0.1, -0.05) is 54.0 Å². The molecule has 0 bridgehead atoms. The summed E-state index contributed by atoms with van der Waals surface area (Å²) in [5, 5.41) is 10.5. The van der Waals surface area contributed by atoms with Crippen LogP contribution in [0.4, 0.5) is 17.6 Å². The van der Waals surface area contributed by atoms with Crippen molar-refractivity contribution in [2.45, 2.75) is 0 Å². The molecule has 8 heteroatoms. The van der Waals surface area contributed by atoms with Gasteiger partial charge in [0.15, 0.2) is 0 Å². The van der Waals surface area contributed by atoms with E-state index in [9.17, 15) is 0 Å². The molecule has 0 spiro atoms. The highest BCUT2D eigenvalue weighted by molar-refractivity contribution is 6.39. The number of benzene rings is 2. The minimum absolute atomic E-state index is 0.223. The molecule has 1 aromatic heterocycles. The summed E-state index contributed by atoms with van der Waals surface area (Å²) >= 11 is 12.9. The Hall–Kier alpha value is -2.70. The van der Waals surface area contributed by atoms with Gasteiger partial charge in [-0.05, 0) is 23.3 Å². The van der Waals surface area contributed by atoms with Crippen LogP contribution in [-0.4, -0.2) is 34.2 Å². The highest BCUT2D eigenvalue weighted by Gasteiger charge is 2.12. The third-order valence-electron chi connectivity index (χ3n) is 3.85. The highest BCUT2D eigenvalue weighted by Crippen LogP contribution is 2.38. The molecule has 2 aromatic carbocycles. The average molecular weight is 389 g/mol. The van der Waals surface area contributed by atoms with Gasteiger partial charge in [0.2, 0.25) is 11.9 Å². The fourth-order valence-corrected chi connectivity index (χ4v) is 3.17. The first-order chi connectivity index (χ1) is 12.3. The van der Waals surface area contributed by atoms with Crippen LogP contribution in [0.15, 0.2) is 43.0 Å². The van der Waals surface area contributed by atoms with E-state index in [1.54, 1.807) is 12.1 Å². The second-order valence-electron chi connectivity index (χ2n) is 5.90. The Bertz CT molecular complexity index is 924. The molecule has 0 aliphatic rings. The number of hydrogen-bond donors (Lipinski definition) is 3. The van der Waals surface area contributed by atoms with Gasteiger partial charge >= 0.3 is 0 Å². The fourth-order valence-electron chi connectivity index (χ4n) is 2.47. The maximum Gasteiger partial charge on any atom is 0.248 e. The predicted octanol–water partition coefficient (Wildman–Crippen LogP) is 4.64. The fraction of sp³-hybridized carbons (Fsp3) is 0.111. The Morgan fingerprint density at radius 2 is 1.77 bits per heavy atom. The Morgan fingerprint density at radius 3 is 2.27 bits per heavy atom. The van der Waals surface area contributed by atoms with E-state index in [4.69, 9.17) is 28.9 Å². The zero-order valence-electron chi connectivity index (χ0n) is 14.3. The highest BCUT2D eigenvalue weighted by atomic mass is 35.5. The number of nitrogens with two attached hydrogens (primary N) is 1. The molecular formula is C18H18Cl2N6. The predicted molar refractivity (Wildman–Crippen MR) is 109 cm³/mol. The quantitative estimate of drug-likeness (QED) is 0.592. The van der Waals surface area contributed by atoms with Gasteiger partial charge in [-0.15, -0.1) is 5.10 Å². The monoisotopic (exact) mass is 388 g/mol. The molecule has 1 heterocycles. The van der Waals surface area contributed by atoms with Gasteiger partial charge in [-0.25, -0.2) is 5.10 Å². The molecule has 134 valence electrons. The summed E-state index contributed by atoms with van der Waals surface area (Å²) < 4.78 is 0. The SMILES string of the molecule is C=C(c1ccc(-c2c(Cl)cc(Nc3n[nH]c(N)n3)cc2Cl)cc1)N(C)C. The minimum Gasteiger partial charge on any atom is -0.378 e. The number of nitrogens with one attached hydrogen (secondary N) is 2. The van der Waals surface area contributed by atoms with Crippen molar-refractivity contribution in [1.29, 1.82) is 0 Å². The van der Waals surface area contributed by atoms with E-state index in [-0.39, 0.29) is 5.95 Å². The van der Waals surface area contributed by atoms with Crippen LogP contribution in [0.1, 0.15) is 5.56 Å². The summed E-state index contributed by atoms with van der Waals surface area (Å²) in [6.07, 6.45) is 0. The van der Waals surface area contributed by atoms with Gasteiger partial charge in [0, 0.05) is 31.0 Å². The molecule has 6 nitrogen and oxygen atoms in total. The van der Waals surface area contributed by atoms with E-state index in [1.807, 2.05) is 43.3 Å². The van der Waals surface area contributed by atoms with Crippen LogP contribution in [0.25, 0.3) is 16.8 Å². The van der Waals surface area contributed by atoms with E-state index in [1.165, 1.54) is 0 Å². The lowest BCUT2D eigenvalue weighted by Crippen LogP contribution is -2.08. The number of aromatic nitrogens is 3. The smallest absolute Gasteiger partial charge is 0.248 e. The first-order valence-electron chi connectivity index (χ1n) is 7.76. The lowest BCUT2D eigenvalue weighted by molar-refractivity contribution is 0.593. The molecule has 0 radical (unpaired) electrons. The number of hydrogen-bond acceptors (Lipinski definition) is 5. The number of aromatic amines is 1. The van der Waals surface area contributed by atoms with Gasteiger partial charge in [-0.2, -0.15) is 4.98 Å². The summed E-state index contributed by atoms with van der Waals surface area (Å²) in [6.45, 7) is 4.06. The molecule has 0 fully saturated rings. The zero-order chi connectivity index (χ0) is 18.8. The first-order valence-corrected chi connectivity index (χ1v) is 8.51. The van der Waals surface area contributed by atoms with E-state index in [2.05, 4.69) is 27.1 Å². The lowest BCUT2D eigenvalue weighted by atomic mass is 10.0. The number of anilines is 3. The Balaban J connectivity index is 1.89. The van der Waals surface area contributed by atoms with E-state index < -0.39 is 0 Å². The van der Waals surface area contributed by atoms with Crippen LogP contribution < -0.4 is 11.1 Å². The van der Waals surface area contributed by atoms with Crippen molar-refractivity contribution in [3.05, 3.63) is 58.6 Å². The van der Waals surface area contributed by atoms with Crippen molar-refractivity contribution in [2.75, 3.05) is 25.1 Å². The molecule has 0 atom stereocenters. The third-order valence-corrected chi connectivity index (χ3v) is 4.44. The molecular weight excluding hydrogens is 371 g/mol. The minimum atomic E-state index is 0.223. The Kier molecular flexibility index (Phi) is 5.06. The second-order valence-corrected chi connectivity index (χ2v) is 6.72. The Labute approximate surface area is 161 Å². The number of rotatable bonds is 5. The topological polar surface area (TPSA) is 82.9 Å². The standard InChI is InChI=1S/C18H18Cl2N6/c1-10(26(2)3)11-4-6-12(7-5-11)16-14(19)8-13(9-15(16)20)22-18-23-17(21)24-25-18/h4-9H,1H2,2-3H3,(H4,21,22,23,24,25). The molecule has 26 heavy (non-hydrogen) atoms. The molecule has 4 N–H and O–H groups in total. The molecule has 0 aliphatic carbocycles. The number of halogens is 2. The Morgan fingerprint density at radius 1 is 1.15 bits per heavy atom. The molecule has 0 unspecified atom stereocenters. The van der Waals surface area contributed by atoms with E-state index >= 15 is 0 Å². The van der Waals surface area contributed by atoms with E-state index in [0.29, 0.717) is 21.7 Å². The summed E-state index contributed by atoms with van der Waals surface area (Å²) in [5.74, 6) is 0.564. The largest absolute Gasteiger partial charge is 0.378 e. The number of nitrogens with zero attached hydrogens (tertiary/aromatic N) is 3. The van der Waals surface area contributed by atoms with Crippen LogP contribution in [0.3, 0.4) is 0 Å². The maximum absolute atomic E-state index is 6.47. The van der Waals surface area contributed by atoms with Crippen molar-refractivity contribution < 1.29 is 0 Å². The van der Waals surface area contributed by atoms with Crippen molar-refractivity contribution >= 4 is 46.5 Å². The summed E-state index contributed by atoms with van der Waals surface area (Å²) in [7, 11) is 3.91. The molecule has 3 rings (SSSR count). The third kappa shape index (κ3) is 3.76. The van der Waals surface area contributed by atoms with Gasteiger partial charge < -0.3 is 16.0 Å². The number of nitrogen functional groups attached to an aromatic ring is 1. The van der Waals surface area contributed by atoms with E-state index in [0.717, 1.165) is 22.4 Å². The molecule has 3 aromatic rings. The zero-order valence-corrected chi connectivity index (χ0v) is 15.9. The summed E-state index contributed by atoms with van der Waals surface area (Å²) in [6, 6.07) is 11.5. The van der Waals surface area contributed by atoms with Crippen molar-refractivity contribution in [3.8, 4) is 11.1 Å². The number of H-pyrrole nitrogens is 1. The molecule has 0 saturated heterocycles. The first kappa shape index (κ1) is 18.1. The maximum atomic E-state index is 6.47. The van der Waals surface area contributed by atoms with Crippen LogP contribution in [0.5, 0.6) is 0 Å². The van der Waals surface area contributed by atoms with Crippen molar-refractivity contribution in [2.24, 2.45) is 0 Å². The molecule has 0 amide bonds. The second kappa shape index (κ2) is 7.27. The van der Waals surface area contributed by atoms with Crippen molar-refractivity contribution in [3.63, 3.8) is 0 Å². The van der Waals surface area contributed by atoms with Gasteiger partial charge in [0.25, 0.3) is 0 Å². The summed E-state index contributed by atoms with van der Waals surface area (Å²) in [5.41, 5.74) is 9.82. The summed E-state index contributed by atoms with van der Waals surface area (Å²) in [4.78, 5) is 5.95. The van der Waals surface area contributed by atoms with Crippen LogP contribution in [-0.2, 0) is 0 Å². The van der Waals surface area contributed by atoms with Crippen LogP contribution in [0, 0.1) is 0 Å². The average Bonchev–Trinajstić information content (AvgIpc) is 2.99. The molecule has 0 saturated carbocycles. The van der Waals surface area contributed by atoms with Gasteiger partial charge in [0.1, 0.15) is 0 Å². The van der Waals surface area contributed by atoms with Gasteiger partial charge in [0.05, 0.1) is 10.0 Å². The van der Waals surface area contributed by atoms with Crippen LogP contribution in [0.2, 0.25) is 10.0 Å². The van der Waals surface area contributed by atoms with Crippen LogP contribution >= 0.6 is 23.2 Å². The van der Waals surface area contributed by atoms with Gasteiger partial charge in [-0.3, -0.25) is 0 Å². The molecule has 0 aliphatic heterocycles.